The number of anilines is 1. The molecule has 5 rings (SSSR count). The highest BCUT2D eigenvalue weighted by atomic mass is 35.5. The average molecular weight is 475 g/mol. The molecule has 34 heavy (non-hydrogen) atoms. The maximum atomic E-state index is 13.4. The Labute approximate surface area is 201 Å². The summed E-state index contributed by atoms with van der Waals surface area (Å²) in [5, 5.41) is 1.07. The molecule has 8 heteroatoms. The molecule has 0 bridgehead atoms. The molecule has 172 valence electrons. The van der Waals surface area contributed by atoms with Crippen LogP contribution in [0.25, 0.3) is 10.9 Å². The molecule has 1 aromatic carbocycles. The number of halogens is 1. The number of pyridine rings is 2. The van der Waals surface area contributed by atoms with Crippen LogP contribution in [0.3, 0.4) is 0 Å². The number of carbonyl (C=O) groups is 2. The number of nitrogens with two attached hydrogens (primary N) is 1. The zero-order chi connectivity index (χ0) is 23.8. The summed E-state index contributed by atoms with van der Waals surface area (Å²) >= 11 is 6.68. The summed E-state index contributed by atoms with van der Waals surface area (Å²) in [4.78, 5) is 37.3. The van der Waals surface area contributed by atoms with Crippen LogP contribution < -0.4 is 10.6 Å². The first-order valence-electron chi connectivity index (χ1n) is 11.2. The Kier molecular flexibility index (Phi) is 5.79. The number of ketones is 1. The Morgan fingerprint density at radius 2 is 2.06 bits per heavy atom. The maximum absolute atomic E-state index is 13.4. The van der Waals surface area contributed by atoms with Gasteiger partial charge in [0, 0.05) is 34.8 Å². The highest BCUT2D eigenvalue weighted by molar-refractivity contribution is 6.31. The molecule has 0 fully saturated rings. The fourth-order valence-corrected chi connectivity index (χ4v) is 5.05. The lowest BCUT2D eigenvalue weighted by molar-refractivity contribution is -0.138. The van der Waals surface area contributed by atoms with Crippen molar-refractivity contribution in [3.05, 3.63) is 88.2 Å². The summed E-state index contributed by atoms with van der Waals surface area (Å²) in [5.41, 5.74) is 10.1. The number of para-hydroxylation sites is 1. The summed E-state index contributed by atoms with van der Waals surface area (Å²) < 4.78 is 5.41. The number of hydrogen-bond acceptors (Lipinski definition) is 7. The second kappa shape index (κ2) is 8.91. The summed E-state index contributed by atoms with van der Waals surface area (Å²) in [7, 11) is 0. The van der Waals surface area contributed by atoms with Gasteiger partial charge in [0.15, 0.2) is 5.78 Å². The van der Waals surface area contributed by atoms with E-state index in [4.69, 9.17) is 22.1 Å². The van der Waals surface area contributed by atoms with Gasteiger partial charge in [-0.05, 0) is 44.0 Å². The number of hydrogen-bond donors (Lipinski definition) is 1. The van der Waals surface area contributed by atoms with Crippen LogP contribution in [-0.4, -0.2) is 28.3 Å². The quantitative estimate of drug-likeness (QED) is 0.435. The topological polar surface area (TPSA) is 98.4 Å². The van der Waals surface area contributed by atoms with E-state index in [9.17, 15) is 9.59 Å². The van der Waals surface area contributed by atoms with E-state index in [0.717, 1.165) is 16.6 Å². The van der Waals surface area contributed by atoms with Gasteiger partial charge in [-0.1, -0.05) is 29.8 Å². The molecule has 1 unspecified atom stereocenters. The summed E-state index contributed by atoms with van der Waals surface area (Å²) in [5.74, 6) is -1.21. The van der Waals surface area contributed by atoms with Crippen molar-refractivity contribution in [1.82, 2.24) is 9.97 Å². The van der Waals surface area contributed by atoms with Gasteiger partial charge in [-0.3, -0.25) is 14.7 Å². The minimum Gasteiger partial charge on any atom is -0.463 e. The van der Waals surface area contributed by atoms with Gasteiger partial charge in [-0.15, -0.1) is 0 Å². The second-order valence-electron chi connectivity index (χ2n) is 8.20. The van der Waals surface area contributed by atoms with Gasteiger partial charge in [0.2, 0.25) is 0 Å². The number of aromatic nitrogens is 2. The Bertz CT molecular complexity index is 1370. The van der Waals surface area contributed by atoms with Crippen LogP contribution in [0.5, 0.6) is 0 Å². The van der Waals surface area contributed by atoms with Crippen molar-refractivity contribution in [1.29, 1.82) is 0 Å². The second-order valence-corrected chi connectivity index (χ2v) is 8.56. The van der Waals surface area contributed by atoms with E-state index < -0.39 is 11.9 Å². The molecule has 2 aromatic heterocycles. The van der Waals surface area contributed by atoms with E-state index in [-0.39, 0.29) is 28.9 Å². The highest BCUT2D eigenvalue weighted by Crippen LogP contribution is 2.48. The fraction of sp³-hybridized carbons (Fsp3) is 0.231. The molecule has 1 aliphatic carbocycles. The lowest BCUT2D eigenvalue weighted by Crippen LogP contribution is -2.41. The van der Waals surface area contributed by atoms with Crippen LogP contribution >= 0.6 is 11.6 Å². The third-order valence-electron chi connectivity index (χ3n) is 6.21. The number of carbonyl (C=O) groups excluding carboxylic acids is 2. The monoisotopic (exact) mass is 474 g/mol. The molecule has 0 radical (unpaired) electrons. The molecule has 0 spiro atoms. The van der Waals surface area contributed by atoms with E-state index in [0.29, 0.717) is 36.1 Å². The van der Waals surface area contributed by atoms with E-state index in [1.54, 1.807) is 30.3 Å². The van der Waals surface area contributed by atoms with E-state index in [1.807, 2.05) is 36.4 Å². The smallest absolute Gasteiger partial charge is 0.338 e. The molecule has 0 saturated heterocycles. The molecule has 7 nitrogen and oxygen atoms in total. The third-order valence-corrected chi connectivity index (χ3v) is 6.51. The highest BCUT2D eigenvalue weighted by Gasteiger charge is 2.44. The van der Waals surface area contributed by atoms with Crippen LogP contribution in [0.2, 0.25) is 5.15 Å². The number of allylic oxidation sites excluding steroid dienone is 2. The Balaban J connectivity index is 1.81. The predicted molar refractivity (Wildman–Crippen MR) is 130 cm³/mol. The Hall–Kier alpha value is -3.71. The van der Waals surface area contributed by atoms with Crippen molar-refractivity contribution in [2.75, 3.05) is 11.5 Å². The maximum Gasteiger partial charge on any atom is 0.338 e. The average Bonchev–Trinajstić information content (AvgIpc) is 2.84. The molecular weight excluding hydrogens is 452 g/mol. The lowest BCUT2D eigenvalue weighted by Gasteiger charge is -2.40. The first-order chi connectivity index (χ1) is 16.5. The van der Waals surface area contributed by atoms with Gasteiger partial charge in [0.05, 0.1) is 35.5 Å². The number of nitrogens with zero attached hydrogens (tertiary/aromatic N) is 3. The van der Waals surface area contributed by atoms with Gasteiger partial charge < -0.3 is 10.5 Å². The predicted octanol–water partition coefficient (Wildman–Crippen LogP) is 4.63. The van der Waals surface area contributed by atoms with Gasteiger partial charge in [-0.25, -0.2) is 9.78 Å². The molecule has 2 aliphatic rings. The third kappa shape index (κ3) is 3.62. The van der Waals surface area contributed by atoms with Crippen LogP contribution in [0.15, 0.2) is 77.5 Å². The van der Waals surface area contributed by atoms with Crippen LogP contribution in [0.4, 0.5) is 5.69 Å². The SMILES string of the molecule is CCOC(=O)C1=C(N)N(c2cccnc2)C2=C(C(=O)CCC2)C1c1cc2ccccc2nc1Cl. The van der Waals surface area contributed by atoms with Crippen molar-refractivity contribution < 1.29 is 14.3 Å². The first-order valence-corrected chi connectivity index (χ1v) is 11.6. The van der Waals surface area contributed by atoms with Crippen molar-refractivity contribution >= 4 is 39.9 Å². The molecule has 0 amide bonds. The number of esters is 1. The molecule has 3 aromatic rings. The minimum absolute atomic E-state index is 0.0429. The van der Waals surface area contributed by atoms with Gasteiger partial charge in [-0.2, -0.15) is 0 Å². The molecule has 0 saturated carbocycles. The van der Waals surface area contributed by atoms with Gasteiger partial charge in [0.1, 0.15) is 11.0 Å². The van der Waals surface area contributed by atoms with Crippen molar-refractivity contribution in [3.8, 4) is 0 Å². The van der Waals surface area contributed by atoms with Crippen molar-refractivity contribution in [2.45, 2.75) is 32.1 Å². The Morgan fingerprint density at radius 1 is 1.24 bits per heavy atom. The van der Waals surface area contributed by atoms with Crippen molar-refractivity contribution in [3.63, 3.8) is 0 Å². The standard InChI is InChI=1S/C26H23ClN4O3/c1-2-34-26(33)23-21(17-13-15-7-3-4-9-18(15)30-24(17)27)22-19(10-5-11-20(22)32)31(25(23)28)16-8-6-12-29-14-16/h3-4,6-9,12-14,21H,2,5,10-11,28H2,1H3. The molecule has 1 aliphatic heterocycles. The fourth-order valence-electron chi connectivity index (χ4n) is 4.80. The number of ether oxygens (including phenoxy) is 1. The summed E-state index contributed by atoms with van der Waals surface area (Å²) in [6.07, 6.45) is 5.01. The molecule has 2 N–H and O–H groups in total. The van der Waals surface area contributed by atoms with Crippen molar-refractivity contribution in [2.24, 2.45) is 5.73 Å². The molecule has 1 atom stereocenters. The van der Waals surface area contributed by atoms with Gasteiger partial charge >= 0.3 is 5.97 Å². The normalized spacial score (nSPS) is 18.4. The van der Waals surface area contributed by atoms with Crippen LogP contribution in [0.1, 0.15) is 37.7 Å². The van der Waals surface area contributed by atoms with Crippen LogP contribution in [-0.2, 0) is 14.3 Å². The summed E-state index contributed by atoms with van der Waals surface area (Å²) in [6.45, 7) is 1.89. The largest absolute Gasteiger partial charge is 0.463 e. The lowest BCUT2D eigenvalue weighted by atomic mass is 9.75. The molecule has 3 heterocycles. The zero-order valence-corrected chi connectivity index (χ0v) is 19.4. The number of fused-ring (bicyclic) bond motifs is 1. The van der Waals surface area contributed by atoms with E-state index >= 15 is 0 Å². The van der Waals surface area contributed by atoms with Crippen LogP contribution in [0, 0.1) is 0 Å². The van der Waals surface area contributed by atoms with Gasteiger partial charge in [0.25, 0.3) is 0 Å². The van der Waals surface area contributed by atoms with E-state index in [2.05, 4.69) is 9.97 Å². The Morgan fingerprint density at radius 3 is 2.82 bits per heavy atom. The molecular formula is C26H23ClN4O3. The van der Waals surface area contributed by atoms with E-state index in [1.165, 1.54) is 0 Å². The number of benzene rings is 1. The summed E-state index contributed by atoms with van der Waals surface area (Å²) in [6, 6.07) is 13.1. The number of Topliss-reactive ketones (excluding diaryl/α,β-unsaturated/α-hetero) is 1. The number of rotatable bonds is 4. The zero-order valence-electron chi connectivity index (χ0n) is 18.6. The first kappa shape index (κ1) is 22.1. The minimum atomic E-state index is -0.778.